The number of hydrogen-bond donors (Lipinski definition) is 2. The summed E-state index contributed by atoms with van der Waals surface area (Å²) < 4.78 is 40.2. The fourth-order valence-corrected chi connectivity index (χ4v) is 1.91. The topological polar surface area (TPSA) is 41.5 Å². The second-order valence-electron chi connectivity index (χ2n) is 4.61. The van der Waals surface area contributed by atoms with Crippen LogP contribution in [0.1, 0.15) is 25.3 Å². The number of rotatable bonds is 8. The van der Waals surface area contributed by atoms with Gasteiger partial charge >= 0.3 is 6.36 Å². The molecule has 0 aliphatic heterocycles. The van der Waals surface area contributed by atoms with Crippen LogP contribution in [0.4, 0.5) is 13.2 Å². The molecule has 1 rings (SSSR count). The van der Waals surface area contributed by atoms with E-state index < -0.39 is 6.36 Å². The summed E-state index contributed by atoms with van der Waals surface area (Å²) in [7, 11) is 0. The average molecular weight is 291 g/mol. The first-order valence-electron chi connectivity index (χ1n) is 6.61. The highest BCUT2D eigenvalue weighted by Crippen LogP contribution is 2.23. The molecule has 1 atom stereocenters. The molecule has 0 fully saturated rings. The summed E-state index contributed by atoms with van der Waals surface area (Å²) >= 11 is 0. The van der Waals surface area contributed by atoms with Crippen molar-refractivity contribution in [1.29, 1.82) is 0 Å². The van der Waals surface area contributed by atoms with E-state index in [9.17, 15) is 13.2 Å². The Hall–Kier alpha value is -1.27. The van der Waals surface area contributed by atoms with E-state index in [0.29, 0.717) is 12.5 Å². The maximum absolute atomic E-state index is 12.1. The van der Waals surface area contributed by atoms with Gasteiger partial charge in [-0.25, -0.2) is 0 Å². The van der Waals surface area contributed by atoms with Gasteiger partial charge in [0.1, 0.15) is 5.75 Å². The van der Waals surface area contributed by atoms with E-state index in [2.05, 4.69) is 10.1 Å². The van der Waals surface area contributed by atoms with Gasteiger partial charge in [-0.2, -0.15) is 0 Å². The molecule has 0 radical (unpaired) electrons. The predicted octanol–water partition coefficient (Wildman–Crippen LogP) is 3.08. The largest absolute Gasteiger partial charge is 0.573 e. The first kappa shape index (κ1) is 16.8. The van der Waals surface area contributed by atoms with Crippen molar-refractivity contribution >= 4 is 0 Å². The van der Waals surface area contributed by atoms with Crippen LogP contribution in [0.3, 0.4) is 0 Å². The molecule has 1 aromatic carbocycles. The van der Waals surface area contributed by atoms with Gasteiger partial charge in [-0.1, -0.05) is 25.5 Å². The van der Waals surface area contributed by atoms with Crippen molar-refractivity contribution in [3.05, 3.63) is 29.8 Å². The van der Waals surface area contributed by atoms with E-state index in [1.165, 1.54) is 18.2 Å². The third-order valence-corrected chi connectivity index (χ3v) is 3.01. The van der Waals surface area contributed by atoms with Crippen LogP contribution in [0.2, 0.25) is 0 Å². The standard InChI is InChI=1S/C14H20F3NO2/c1-2-11(6-7-19)9-18-10-12-4-3-5-13(8-12)20-14(15,16)17/h3-5,8,11,18-19H,2,6-7,9-10H2,1H3. The van der Waals surface area contributed by atoms with Gasteiger partial charge in [-0.3, -0.25) is 0 Å². The highest BCUT2D eigenvalue weighted by Gasteiger charge is 2.31. The number of nitrogens with one attached hydrogen (secondary N) is 1. The fraction of sp³-hybridized carbons (Fsp3) is 0.571. The Morgan fingerprint density at radius 2 is 2.10 bits per heavy atom. The van der Waals surface area contributed by atoms with Gasteiger partial charge in [0.15, 0.2) is 0 Å². The number of aliphatic hydroxyl groups excluding tert-OH is 1. The van der Waals surface area contributed by atoms with Crippen molar-refractivity contribution in [2.24, 2.45) is 5.92 Å². The average Bonchev–Trinajstić information content (AvgIpc) is 2.36. The Morgan fingerprint density at radius 3 is 2.70 bits per heavy atom. The van der Waals surface area contributed by atoms with Crippen molar-refractivity contribution in [1.82, 2.24) is 5.32 Å². The molecule has 1 unspecified atom stereocenters. The minimum atomic E-state index is -4.67. The molecule has 0 aliphatic rings. The molecule has 0 aromatic heterocycles. The third kappa shape index (κ3) is 6.77. The molecule has 1 aromatic rings. The maximum Gasteiger partial charge on any atom is 0.573 e. The summed E-state index contributed by atoms with van der Waals surface area (Å²) in [6, 6.07) is 5.91. The van der Waals surface area contributed by atoms with Crippen molar-refractivity contribution in [2.75, 3.05) is 13.2 Å². The predicted molar refractivity (Wildman–Crippen MR) is 70.3 cm³/mol. The molecule has 2 N–H and O–H groups in total. The Labute approximate surface area is 116 Å². The van der Waals surface area contributed by atoms with Crippen LogP contribution in [0.25, 0.3) is 0 Å². The maximum atomic E-state index is 12.1. The van der Waals surface area contributed by atoms with E-state index in [0.717, 1.165) is 24.9 Å². The van der Waals surface area contributed by atoms with Crippen LogP contribution in [-0.2, 0) is 6.54 Å². The van der Waals surface area contributed by atoms with E-state index in [1.54, 1.807) is 6.07 Å². The SMILES string of the molecule is CCC(CCO)CNCc1cccc(OC(F)(F)F)c1. The van der Waals surface area contributed by atoms with Gasteiger partial charge in [-0.05, 0) is 36.6 Å². The number of hydrogen-bond acceptors (Lipinski definition) is 3. The fourth-order valence-electron chi connectivity index (χ4n) is 1.91. The lowest BCUT2D eigenvalue weighted by atomic mass is 10.0. The molecular formula is C14H20F3NO2. The van der Waals surface area contributed by atoms with E-state index in [4.69, 9.17) is 5.11 Å². The normalized spacial score (nSPS) is 13.2. The van der Waals surface area contributed by atoms with Gasteiger partial charge in [0.2, 0.25) is 0 Å². The van der Waals surface area contributed by atoms with E-state index >= 15 is 0 Å². The second kappa shape index (κ2) is 8.11. The lowest BCUT2D eigenvalue weighted by Gasteiger charge is -2.15. The summed E-state index contributed by atoms with van der Waals surface area (Å²) in [6.07, 6.45) is -2.99. The number of ether oxygens (including phenoxy) is 1. The van der Waals surface area contributed by atoms with Crippen LogP contribution in [0.15, 0.2) is 24.3 Å². The van der Waals surface area contributed by atoms with Crippen LogP contribution in [-0.4, -0.2) is 24.6 Å². The van der Waals surface area contributed by atoms with E-state index in [-0.39, 0.29) is 12.4 Å². The van der Waals surface area contributed by atoms with Gasteiger partial charge in [0.25, 0.3) is 0 Å². The molecule has 0 amide bonds. The molecule has 0 heterocycles. The molecule has 0 bridgehead atoms. The van der Waals surface area contributed by atoms with Gasteiger partial charge in [-0.15, -0.1) is 13.2 Å². The number of benzene rings is 1. The van der Waals surface area contributed by atoms with Crippen molar-refractivity contribution in [2.45, 2.75) is 32.7 Å². The molecule has 0 saturated heterocycles. The zero-order valence-corrected chi connectivity index (χ0v) is 11.4. The van der Waals surface area contributed by atoms with Crippen LogP contribution in [0.5, 0.6) is 5.75 Å². The summed E-state index contributed by atoms with van der Waals surface area (Å²) in [5.41, 5.74) is 0.727. The Kier molecular flexibility index (Phi) is 6.81. The number of halogens is 3. The van der Waals surface area contributed by atoms with Crippen LogP contribution >= 0.6 is 0 Å². The quantitative estimate of drug-likeness (QED) is 0.773. The van der Waals surface area contributed by atoms with Crippen LogP contribution in [0, 0.1) is 5.92 Å². The summed E-state index contributed by atoms with van der Waals surface area (Å²) in [6.45, 7) is 3.38. The van der Waals surface area contributed by atoms with Gasteiger partial charge in [0.05, 0.1) is 0 Å². The lowest BCUT2D eigenvalue weighted by Crippen LogP contribution is -2.23. The highest BCUT2D eigenvalue weighted by atomic mass is 19.4. The van der Waals surface area contributed by atoms with Crippen molar-refractivity contribution in [3.8, 4) is 5.75 Å². The Bertz CT molecular complexity index is 396. The van der Waals surface area contributed by atoms with Crippen LogP contribution < -0.4 is 10.1 Å². The molecule has 0 aliphatic carbocycles. The van der Waals surface area contributed by atoms with Crippen molar-refractivity contribution < 1.29 is 23.0 Å². The minimum Gasteiger partial charge on any atom is -0.406 e. The highest BCUT2D eigenvalue weighted by molar-refractivity contribution is 5.28. The Balaban J connectivity index is 2.46. The molecule has 0 saturated carbocycles. The molecule has 3 nitrogen and oxygen atoms in total. The molecule has 6 heteroatoms. The number of aliphatic hydroxyl groups is 1. The third-order valence-electron chi connectivity index (χ3n) is 3.01. The lowest BCUT2D eigenvalue weighted by molar-refractivity contribution is -0.274. The van der Waals surface area contributed by atoms with Gasteiger partial charge < -0.3 is 15.2 Å². The molecule has 0 spiro atoms. The Morgan fingerprint density at radius 1 is 1.35 bits per heavy atom. The van der Waals surface area contributed by atoms with Crippen molar-refractivity contribution in [3.63, 3.8) is 0 Å². The summed E-state index contributed by atoms with van der Waals surface area (Å²) in [5, 5.41) is 12.1. The minimum absolute atomic E-state index is 0.148. The molecule has 20 heavy (non-hydrogen) atoms. The van der Waals surface area contributed by atoms with E-state index in [1.807, 2.05) is 6.92 Å². The zero-order chi connectivity index (χ0) is 15.0. The monoisotopic (exact) mass is 291 g/mol. The first-order valence-corrected chi connectivity index (χ1v) is 6.61. The first-order chi connectivity index (χ1) is 9.44. The second-order valence-corrected chi connectivity index (χ2v) is 4.61. The summed E-state index contributed by atoms with van der Waals surface area (Å²) in [4.78, 5) is 0. The summed E-state index contributed by atoms with van der Waals surface area (Å²) in [5.74, 6) is 0.161. The molecule has 114 valence electrons. The zero-order valence-electron chi connectivity index (χ0n) is 11.4. The van der Waals surface area contributed by atoms with Gasteiger partial charge in [0, 0.05) is 13.2 Å². The smallest absolute Gasteiger partial charge is 0.406 e. The number of alkyl halides is 3. The molecular weight excluding hydrogens is 271 g/mol.